The number of H-pyrrole nitrogens is 1. The van der Waals surface area contributed by atoms with Gasteiger partial charge in [-0.25, -0.2) is 8.78 Å². The second-order valence-corrected chi connectivity index (χ2v) is 22.6. The van der Waals surface area contributed by atoms with Gasteiger partial charge in [-0.05, 0) is 87.9 Å². The monoisotopic (exact) mass is 1050 g/mol. The Morgan fingerprint density at radius 3 is 2.39 bits per heavy atom. The number of hydrogen-bond acceptors (Lipinski definition) is 10. The number of ketones is 1. The SMILES string of the molecule is CN[C@@H](C)C(=O)N[C@H](C(=O)C1C[C@@H](NC(=O)CCOCCC(=O)N2CC([C@@H](c3ccccc3)n3cc(NC(=O)c4n[nH]c5c4C[C@@H]4C(F)(F)[C@]4(C)C5)cn3)C2)C[C@H]1C(=O)N[C@@H]1CCCc2ccccc21)C1CCCCC1. The molecule has 6 N–H and O–H groups in total. The molecule has 2 aromatic heterocycles. The van der Waals surface area contributed by atoms with Gasteiger partial charge in [0, 0.05) is 78.5 Å². The molecule has 9 atom stereocenters. The summed E-state index contributed by atoms with van der Waals surface area (Å²) >= 11 is 0. The van der Waals surface area contributed by atoms with Crippen molar-refractivity contribution in [1.29, 1.82) is 0 Å². The van der Waals surface area contributed by atoms with Crippen LogP contribution in [0.15, 0.2) is 67.0 Å². The van der Waals surface area contributed by atoms with Crippen LogP contribution >= 0.6 is 0 Å². The summed E-state index contributed by atoms with van der Waals surface area (Å²) in [6.07, 6.45) is 11.5. The lowest BCUT2D eigenvalue weighted by Gasteiger charge is -2.43. The standard InChI is InChI=1S/C57H72F2N10O7/c1-33(60-3)53(73)65-49(35-14-6-4-7-15-35)52(72)41-25-38(26-42(41)54(74)64-44-20-12-18-34-13-10-11-19-40(34)44)62-47(70)21-23-76-24-22-48(71)68-30-37(31-68)51(36-16-8-5-9-17-36)69-32-39(29-61-69)63-55(75)50-43-27-46-56(2,57(46,58)59)28-45(43)66-67-50/h5,8-11,13,16-17,19,29,32-33,35,37-38,41-42,44,46,49,51,60H,4,6-7,12,14-15,18,20-28,30-31H2,1-3H3,(H,62,70)(H,63,75)(H,64,74)(H,65,73)(H,66,67)/t33-,38+,41?,42+,44+,46-,49-,51+,56+/m0/s1. The predicted molar refractivity (Wildman–Crippen MR) is 278 cm³/mol. The number of nitrogens with one attached hydrogen (secondary N) is 6. The fraction of sp³-hybridized carbons (Fsp3) is 0.579. The van der Waals surface area contributed by atoms with E-state index in [9.17, 15) is 37.5 Å². The number of carbonyl (C=O) groups is 6. The van der Waals surface area contributed by atoms with E-state index in [2.05, 4.69) is 54.0 Å². The fourth-order valence-electron chi connectivity index (χ4n) is 13.1. The zero-order chi connectivity index (χ0) is 53.3. The van der Waals surface area contributed by atoms with Crippen LogP contribution in [0.5, 0.6) is 0 Å². The van der Waals surface area contributed by atoms with Gasteiger partial charge in [-0.1, -0.05) is 80.8 Å². The Bertz CT molecular complexity index is 2790. The molecule has 406 valence electrons. The molecule has 5 aliphatic carbocycles. The maximum absolute atomic E-state index is 14.8. The van der Waals surface area contributed by atoms with Gasteiger partial charge in [0.15, 0.2) is 11.5 Å². The number of halogens is 2. The minimum Gasteiger partial charge on any atom is -0.380 e. The molecule has 10 rings (SSSR count). The topological polar surface area (TPSA) is 222 Å². The van der Waals surface area contributed by atoms with E-state index in [-0.39, 0.29) is 111 Å². The number of amides is 5. The highest BCUT2D eigenvalue weighted by Crippen LogP contribution is 2.70. The summed E-state index contributed by atoms with van der Waals surface area (Å²) in [6, 6.07) is 15.8. The number of benzene rings is 2. The number of aromatic nitrogens is 4. The normalized spacial score (nSPS) is 25.9. The number of Topliss-reactive ketones (excluding diaryl/α,β-unsaturated/α-hetero) is 1. The van der Waals surface area contributed by atoms with Gasteiger partial charge in [0.25, 0.3) is 11.8 Å². The molecule has 76 heavy (non-hydrogen) atoms. The number of ether oxygens (including phenoxy) is 1. The summed E-state index contributed by atoms with van der Waals surface area (Å²) in [5.41, 5.74) is 3.82. The zero-order valence-electron chi connectivity index (χ0n) is 43.8. The molecular formula is C57H72F2N10O7. The Morgan fingerprint density at radius 2 is 1.62 bits per heavy atom. The number of rotatable bonds is 20. The number of aryl methyl sites for hydroxylation is 1. The van der Waals surface area contributed by atoms with E-state index < -0.39 is 53.1 Å². The quantitative estimate of drug-likeness (QED) is 0.0566. The Labute approximate surface area is 442 Å². The molecule has 3 heterocycles. The van der Waals surface area contributed by atoms with Crippen LogP contribution in [-0.4, -0.2) is 118 Å². The lowest BCUT2D eigenvalue weighted by molar-refractivity contribution is -0.139. The Balaban J connectivity index is 0.709. The molecule has 0 bridgehead atoms. The van der Waals surface area contributed by atoms with E-state index in [1.54, 1.807) is 42.9 Å². The maximum atomic E-state index is 14.8. The van der Waals surface area contributed by atoms with Crippen LogP contribution in [0.4, 0.5) is 14.5 Å². The highest BCUT2D eigenvalue weighted by atomic mass is 19.3. The van der Waals surface area contributed by atoms with Crippen molar-refractivity contribution >= 4 is 41.0 Å². The van der Waals surface area contributed by atoms with Crippen LogP contribution in [0, 0.1) is 35.0 Å². The summed E-state index contributed by atoms with van der Waals surface area (Å²) in [4.78, 5) is 84.5. The maximum Gasteiger partial charge on any atom is 0.276 e. The molecule has 1 unspecified atom stereocenters. The first kappa shape index (κ1) is 53.1. The molecular weight excluding hydrogens is 975 g/mol. The summed E-state index contributed by atoms with van der Waals surface area (Å²) < 4.78 is 36.7. The van der Waals surface area contributed by atoms with E-state index in [1.807, 2.05) is 42.5 Å². The van der Waals surface area contributed by atoms with Crippen LogP contribution in [-0.2, 0) is 48.0 Å². The van der Waals surface area contributed by atoms with Crippen molar-refractivity contribution in [3.63, 3.8) is 0 Å². The van der Waals surface area contributed by atoms with Crippen molar-refractivity contribution in [1.82, 2.24) is 46.1 Å². The largest absolute Gasteiger partial charge is 0.380 e. The van der Waals surface area contributed by atoms with Crippen molar-refractivity contribution in [3.05, 3.63) is 101 Å². The Hall–Kier alpha value is -6.34. The number of anilines is 1. The van der Waals surface area contributed by atoms with Crippen molar-refractivity contribution in [2.45, 2.75) is 140 Å². The summed E-state index contributed by atoms with van der Waals surface area (Å²) in [5.74, 6) is -6.48. The van der Waals surface area contributed by atoms with Crippen molar-refractivity contribution in [2.24, 2.45) is 35.0 Å². The first-order chi connectivity index (χ1) is 36.6. The molecule has 4 aromatic rings. The fourth-order valence-corrected chi connectivity index (χ4v) is 13.1. The van der Waals surface area contributed by atoms with Crippen molar-refractivity contribution in [3.8, 4) is 0 Å². The van der Waals surface area contributed by atoms with Gasteiger partial charge in [-0.2, -0.15) is 10.2 Å². The Morgan fingerprint density at radius 1 is 0.882 bits per heavy atom. The number of carbonyl (C=O) groups excluding carboxylic acids is 6. The molecule has 2 aromatic carbocycles. The van der Waals surface area contributed by atoms with Gasteiger partial charge in [-0.15, -0.1) is 0 Å². The molecule has 17 nitrogen and oxygen atoms in total. The zero-order valence-corrected chi connectivity index (χ0v) is 43.8. The number of alkyl halides is 2. The first-order valence-electron chi connectivity index (χ1n) is 27.5. The molecule has 3 saturated carbocycles. The van der Waals surface area contributed by atoms with E-state index in [4.69, 9.17) is 4.74 Å². The van der Waals surface area contributed by atoms with E-state index in [0.29, 0.717) is 30.0 Å². The van der Waals surface area contributed by atoms with Gasteiger partial charge in [0.1, 0.15) is 0 Å². The first-order valence-corrected chi connectivity index (χ1v) is 27.5. The summed E-state index contributed by atoms with van der Waals surface area (Å²) in [5, 5.41) is 26.9. The average molecular weight is 1050 g/mol. The highest BCUT2D eigenvalue weighted by molar-refractivity contribution is 6.04. The van der Waals surface area contributed by atoms with Gasteiger partial charge >= 0.3 is 0 Å². The highest BCUT2D eigenvalue weighted by Gasteiger charge is 2.78. The number of likely N-dealkylation sites (tertiary alicyclic amines) is 1. The molecule has 19 heteroatoms. The second-order valence-electron chi connectivity index (χ2n) is 22.6. The van der Waals surface area contributed by atoms with E-state index in [0.717, 1.165) is 62.5 Å². The smallest absolute Gasteiger partial charge is 0.276 e. The second kappa shape index (κ2) is 22.3. The van der Waals surface area contributed by atoms with Crippen LogP contribution in [0.3, 0.4) is 0 Å². The molecule has 1 saturated heterocycles. The van der Waals surface area contributed by atoms with Crippen LogP contribution in [0.1, 0.15) is 135 Å². The van der Waals surface area contributed by atoms with Gasteiger partial charge in [0.2, 0.25) is 23.6 Å². The van der Waals surface area contributed by atoms with Crippen molar-refractivity contribution in [2.75, 3.05) is 38.7 Å². The van der Waals surface area contributed by atoms with Crippen molar-refractivity contribution < 1.29 is 42.3 Å². The third-order valence-corrected chi connectivity index (χ3v) is 17.8. The minimum absolute atomic E-state index is 0.00591. The number of hydrogen-bond donors (Lipinski definition) is 6. The lowest BCUT2D eigenvalue weighted by Crippen LogP contribution is -2.54. The lowest BCUT2D eigenvalue weighted by atomic mass is 9.77. The number of fused-ring (bicyclic) bond motifs is 3. The van der Waals surface area contributed by atoms with Gasteiger partial charge in [0.05, 0.1) is 55.7 Å². The molecule has 5 amide bonds. The molecule has 6 aliphatic rings. The summed E-state index contributed by atoms with van der Waals surface area (Å²) in [6.45, 7) is 4.46. The minimum atomic E-state index is -2.78. The third-order valence-electron chi connectivity index (χ3n) is 17.8. The van der Waals surface area contributed by atoms with Crippen LogP contribution < -0.4 is 26.6 Å². The predicted octanol–water partition coefficient (Wildman–Crippen LogP) is 6.02. The van der Waals surface area contributed by atoms with Gasteiger partial charge in [-0.3, -0.25) is 38.5 Å². The number of aromatic amines is 1. The third kappa shape index (κ3) is 10.8. The molecule has 4 fully saturated rings. The van der Waals surface area contributed by atoms with Crippen LogP contribution in [0.2, 0.25) is 0 Å². The Kier molecular flexibility index (Phi) is 15.6. The van der Waals surface area contributed by atoms with E-state index in [1.165, 1.54) is 5.56 Å². The molecule has 0 radical (unpaired) electrons. The van der Waals surface area contributed by atoms with E-state index >= 15 is 0 Å². The number of likely N-dealkylation sites (N-methyl/N-ethyl adjacent to an activating group) is 1. The average Bonchev–Trinajstić information content (AvgIpc) is 4.19. The summed E-state index contributed by atoms with van der Waals surface area (Å²) in [7, 11) is 1.70. The van der Waals surface area contributed by atoms with Gasteiger partial charge < -0.3 is 36.2 Å². The molecule has 1 aliphatic heterocycles. The van der Waals surface area contributed by atoms with Crippen LogP contribution in [0.25, 0.3) is 0 Å². The molecule has 0 spiro atoms. The number of nitrogens with zero attached hydrogens (tertiary/aromatic N) is 4.